The summed E-state index contributed by atoms with van der Waals surface area (Å²) in [6, 6.07) is 0. The fourth-order valence-electron chi connectivity index (χ4n) is 0.987. The minimum atomic E-state index is 0.204. The standard InChI is InChI=1S/C9H20INO/c1-5-9(4,11-10)8(3)7-12-6-2/h8,11H,5-7H2,1-4H3. The van der Waals surface area contributed by atoms with Gasteiger partial charge in [0.2, 0.25) is 0 Å². The van der Waals surface area contributed by atoms with Crippen molar-refractivity contribution < 1.29 is 4.74 Å². The molecule has 0 bridgehead atoms. The summed E-state index contributed by atoms with van der Waals surface area (Å²) in [4.78, 5) is 0. The van der Waals surface area contributed by atoms with Crippen molar-refractivity contribution in [1.82, 2.24) is 3.53 Å². The van der Waals surface area contributed by atoms with Crippen LogP contribution >= 0.6 is 22.9 Å². The van der Waals surface area contributed by atoms with E-state index in [1.165, 1.54) is 0 Å². The molecule has 0 saturated heterocycles. The zero-order valence-electron chi connectivity index (χ0n) is 8.48. The average Bonchev–Trinajstić information content (AvgIpc) is 2.12. The molecule has 0 amide bonds. The number of halogens is 1. The van der Waals surface area contributed by atoms with Gasteiger partial charge in [0.05, 0.1) is 6.61 Å². The number of hydrogen-bond donors (Lipinski definition) is 1. The van der Waals surface area contributed by atoms with Crippen molar-refractivity contribution in [1.29, 1.82) is 0 Å². The highest BCUT2D eigenvalue weighted by atomic mass is 127. The third-order valence-corrected chi connectivity index (χ3v) is 3.84. The van der Waals surface area contributed by atoms with Crippen LogP contribution in [-0.2, 0) is 4.74 Å². The van der Waals surface area contributed by atoms with Crippen LogP contribution in [0.15, 0.2) is 0 Å². The predicted octanol–water partition coefficient (Wildman–Crippen LogP) is 2.77. The smallest absolute Gasteiger partial charge is 0.0509 e. The van der Waals surface area contributed by atoms with Gasteiger partial charge in [-0.25, -0.2) is 0 Å². The molecule has 0 saturated carbocycles. The second-order valence-electron chi connectivity index (χ2n) is 3.43. The highest BCUT2D eigenvalue weighted by Gasteiger charge is 2.27. The minimum absolute atomic E-state index is 0.204. The van der Waals surface area contributed by atoms with Crippen LogP contribution < -0.4 is 3.53 Å². The highest BCUT2D eigenvalue weighted by Crippen LogP contribution is 2.22. The van der Waals surface area contributed by atoms with E-state index in [1.807, 2.05) is 6.92 Å². The van der Waals surface area contributed by atoms with E-state index in [1.54, 1.807) is 0 Å². The molecule has 2 nitrogen and oxygen atoms in total. The lowest BCUT2D eigenvalue weighted by atomic mass is 9.86. The van der Waals surface area contributed by atoms with Gasteiger partial charge >= 0.3 is 0 Å². The van der Waals surface area contributed by atoms with E-state index in [0.29, 0.717) is 5.92 Å². The van der Waals surface area contributed by atoms with E-state index in [-0.39, 0.29) is 5.54 Å². The maximum Gasteiger partial charge on any atom is 0.0509 e. The summed E-state index contributed by atoms with van der Waals surface area (Å²) in [5, 5.41) is 0. The molecule has 0 aliphatic rings. The molecule has 0 rings (SSSR count). The number of nitrogens with one attached hydrogen (secondary N) is 1. The van der Waals surface area contributed by atoms with Crippen molar-refractivity contribution in [2.24, 2.45) is 5.92 Å². The van der Waals surface area contributed by atoms with Gasteiger partial charge in [-0.3, -0.25) is 3.53 Å². The first-order valence-electron chi connectivity index (χ1n) is 4.56. The first-order valence-corrected chi connectivity index (χ1v) is 5.64. The first kappa shape index (κ1) is 12.7. The number of hydrogen-bond acceptors (Lipinski definition) is 2. The van der Waals surface area contributed by atoms with E-state index in [2.05, 4.69) is 47.2 Å². The monoisotopic (exact) mass is 285 g/mol. The van der Waals surface area contributed by atoms with Gasteiger partial charge in [0.1, 0.15) is 0 Å². The SMILES string of the molecule is CCOCC(C)C(C)(CC)NI. The summed E-state index contributed by atoms with van der Waals surface area (Å²) in [5.41, 5.74) is 0.204. The molecule has 0 radical (unpaired) electrons. The molecule has 0 aromatic carbocycles. The largest absolute Gasteiger partial charge is 0.381 e. The first-order chi connectivity index (χ1) is 5.60. The maximum atomic E-state index is 5.40. The molecule has 3 heteroatoms. The van der Waals surface area contributed by atoms with Crippen LogP contribution in [0.3, 0.4) is 0 Å². The van der Waals surface area contributed by atoms with Crippen LogP contribution in [-0.4, -0.2) is 18.8 Å². The Morgan fingerprint density at radius 3 is 2.42 bits per heavy atom. The van der Waals surface area contributed by atoms with E-state index < -0.39 is 0 Å². The Morgan fingerprint density at radius 1 is 1.50 bits per heavy atom. The summed E-state index contributed by atoms with van der Waals surface area (Å²) in [6.45, 7) is 10.4. The Kier molecular flexibility index (Phi) is 6.49. The lowest BCUT2D eigenvalue weighted by molar-refractivity contribution is 0.0834. The molecular weight excluding hydrogens is 265 g/mol. The van der Waals surface area contributed by atoms with Crippen LogP contribution in [0, 0.1) is 5.92 Å². The van der Waals surface area contributed by atoms with Gasteiger partial charge in [-0.05, 0) is 26.2 Å². The fourth-order valence-corrected chi connectivity index (χ4v) is 1.90. The summed E-state index contributed by atoms with van der Waals surface area (Å²) >= 11 is 2.23. The molecule has 0 fully saturated rings. The van der Waals surface area contributed by atoms with Crippen molar-refractivity contribution >= 4 is 22.9 Å². The van der Waals surface area contributed by atoms with Crippen LogP contribution in [0.1, 0.15) is 34.1 Å². The topological polar surface area (TPSA) is 21.3 Å². The van der Waals surface area contributed by atoms with E-state index in [9.17, 15) is 0 Å². The Hall–Kier alpha value is 0.650. The van der Waals surface area contributed by atoms with Gasteiger partial charge in [0.25, 0.3) is 0 Å². The van der Waals surface area contributed by atoms with Crippen LogP contribution in [0.2, 0.25) is 0 Å². The van der Waals surface area contributed by atoms with Gasteiger partial charge in [-0.1, -0.05) is 13.8 Å². The average molecular weight is 285 g/mol. The molecule has 74 valence electrons. The Labute approximate surface area is 89.9 Å². The second-order valence-corrected chi connectivity index (χ2v) is 3.97. The fraction of sp³-hybridized carbons (Fsp3) is 1.00. The van der Waals surface area contributed by atoms with Crippen molar-refractivity contribution in [3.63, 3.8) is 0 Å². The molecule has 0 aliphatic carbocycles. The van der Waals surface area contributed by atoms with Crippen LogP contribution in [0.25, 0.3) is 0 Å². The minimum Gasteiger partial charge on any atom is -0.381 e. The third-order valence-electron chi connectivity index (χ3n) is 2.61. The Balaban J connectivity index is 3.93. The van der Waals surface area contributed by atoms with Crippen LogP contribution in [0.4, 0.5) is 0 Å². The van der Waals surface area contributed by atoms with Crippen molar-refractivity contribution in [2.45, 2.75) is 39.7 Å². The van der Waals surface area contributed by atoms with Gasteiger partial charge in [-0.15, -0.1) is 0 Å². The van der Waals surface area contributed by atoms with Gasteiger partial charge in [0, 0.05) is 35.0 Å². The van der Waals surface area contributed by atoms with Gasteiger partial charge < -0.3 is 4.74 Å². The number of rotatable bonds is 6. The molecule has 12 heavy (non-hydrogen) atoms. The highest BCUT2D eigenvalue weighted by molar-refractivity contribution is 14.1. The lowest BCUT2D eigenvalue weighted by Crippen LogP contribution is -2.44. The molecule has 2 unspecified atom stereocenters. The predicted molar refractivity (Wildman–Crippen MR) is 61.5 cm³/mol. The summed E-state index contributed by atoms with van der Waals surface area (Å²) in [6.07, 6.45) is 1.13. The van der Waals surface area contributed by atoms with E-state index in [4.69, 9.17) is 4.74 Å². The molecule has 0 aliphatic heterocycles. The van der Waals surface area contributed by atoms with Gasteiger partial charge in [-0.2, -0.15) is 0 Å². The van der Waals surface area contributed by atoms with E-state index in [0.717, 1.165) is 19.6 Å². The van der Waals surface area contributed by atoms with Crippen molar-refractivity contribution in [3.05, 3.63) is 0 Å². The lowest BCUT2D eigenvalue weighted by Gasteiger charge is -2.33. The molecule has 0 spiro atoms. The summed E-state index contributed by atoms with van der Waals surface area (Å²) in [5.74, 6) is 0.555. The summed E-state index contributed by atoms with van der Waals surface area (Å²) in [7, 11) is 0. The van der Waals surface area contributed by atoms with Crippen molar-refractivity contribution in [3.8, 4) is 0 Å². The number of ether oxygens (including phenoxy) is 1. The van der Waals surface area contributed by atoms with Crippen molar-refractivity contribution in [2.75, 3.05) is 13.2 Å². The Morgan fingerprint density at radius 2 is 2.08 bits per heavy atom. The molecule has 0 heterocycles. The summed E-state index contributed by atoms with van der Waals surface area (Å²) < 4.78 is 8.73. The molecule has 2 atom stereocenters. The second kappa shape index (κ2) is 6.16. The van der Waals surface area contributed by atoms with Gasteiger partial charge in [0.15, 0.2) is 0 Å². The molecule has 0 aromatic heterocycles. The molecule has 1 N–H and O–H groups in total. The van der Waals surface area contributed by atoms with E-state index >= 15 is 0 Å². The maximum absolute atomic E-state index is 5.40. The quantitative estimate of drug-likeness (QED) is 0.598. The molecule has 0 aromatic rings. The van der Waals surface area contributed by atoms with Crippen LogP contribution in [0.5, 0.6) is 0 Å². The molecular formula is C9H20INO. The normalized spacial score (nSPS) is 18.8. The zero-order chi connectivity index (χ0) is 9.61. The zero-order valence-corrected chi connectivity index (χ0v) is 10.6. The Bertz CT molecular complexity index is 115. The third kappa shape index (κ3) is 3.58.